The maximum Gasteiger partial charge on any atom is 0.328 e. The monoisotopic (exact) mass is 257 g/mol. The van der Waals surface area contributed by atoms with Gasteiger partial charge in [-0.1, -0.05) is 0 Å². The fraction of sp³-hybridized carbons (Fsp3) is 0.300. The highest BCUT2D eigenvalue weighted by Gasteiger charge is 2.28. The van der Waals surface area contributed by atoms with Crippen LogP contribution in [-0.2, 0) is 10.7 Å². The minimum atomic E-state index is -0.771. The van der Waals surface area contributed by atoms with Crippen molar-refractivity contribution in [3.8, 4) is 0 Å². The van der Waals surface area contributed by atoms with Crippen molar-refractivity contribution in [1.29, 1.82) is 0 Å². The van der Waals surface area contributed by atoms with Crippen LogP contribution in [0.15, 0.2) is 12.3 Å². The van der Waals surface area contributed by atoms with Gasteiger partial charge in [0.15, 0.2) is 0 Å². The Hall–Kier alpha value is -1.69. The molecule has 1 aliphatic heterocycles. The number of imide groups is 1. The zero-order chi connectivity index (χ0) is 12.4. The number of hydrogen-bond acceptors (Lipinski definition) is 3. The number of nitrogens with one attached hydrogen (secondary N) is 1. The Labute approximate surface area is 102 Å². The van der Waals surface area contributed by atoms with Crippen LogP contribution in [0.1, 0.15) is 12.0 Å². The van der Waals surface area contributed by atoms with Gasteiger partial charge in [0.2, 0.25) is 11.9 Å². The Bertz CT molecular complexity index is 481. The molecule has 0 aliphatic carbocycles. The number of halogens is 2. The summed E-state index contributed by atoms with van der Waals surface area (Å²) >= 11 is 5.68. The first-order chi connectivity index (χ1) is 8.13. The number of rotatable bonds is 2. The molecule has 0 bridgehead atoms. The number of carbonyl (C=O) groups excluding carboxylic acids is 2. The molecule has 17 heavy (non-hydrogen) atoms. The molecule has 0 radical (unpaired) electrons. The molecule has 3 amide bonds. The normalized spacial score (nSPS) is 16.0. The molecule has 2 rings (SSSR count). The van der Waals surface area contributed by atoms with Gasteiger partial charge < -0.3 is 0 Å². The molecule has 7 heteroatoms. The predicted octanol–water partition coefficient (Wildman–Crippen LogP) is 1.41. The zero-order valence-electron chi connectivity index (χ0n) is 8.74. The number of anilines is 1. The highest BCUT2D eigenvalue weighted by atomic mass is 35.5. The number of nitrogens with zero attached hydrogens (tertiary/aromatic N) is 2. The van der Waals surface area contributed by atoms with Gasteiger partial charge >= 0.3 is 6.03 Å². The van der Waals surface area contributed by atoms with E-state index < -0.39 is 12.0 Å². The summed E-state index contributed by atoms with van der Waals surface area (Å²) in [6.07, 6.45) is 1.41. The molecule has 1 saturated heterocycles. The molecule has 0 aromatic carbocycles. The predicted molar refractivity (Wildman–Crippen MR) is 59.3 cm³/mol. The Morgan fingerprint density at radius 2 is 2.29 bits per heavy atom. The second-order valence-electron chi connectivity index (χ2n) is 3.50. The lowest BCUT2D eigenvalue weighted by molar-refractivity contribution is -0.120. The van der Waals surface area contributed by atoms with Crippen molar-refractivity contribution >= 4 is 29.2 Å². The van der Waals surface area contributed by atoms with Crippen LogP contribution in [0, 0.1) is 5.95 Å². The van der Waals surface area contributed by atoms with Crippen molar-refractivity contribution < 1.29 is 14.0 Å². The third-order valence-corrected chi connectivity index (χ3v) is 2.72. The van der Waals surface area contributed by atoms with Crippen LogP contribution < -0.4 is 10.2 Å². The van der Waals surface area contributed by atoms with E-state index in [4.69, 9.17) is 11.6 Å². The minimum absolute atomic E-state index is 0.0347. The fourth-order valence-electron chi connectivity index (χ4n) is 1.64. The lowest BCUT2D eigenvalue weighted by atomic mass is 10.2. The molecular weight excluding hydrogens is 249 g/mol. The standard InChI is InChI=1S/C10H9ClFN3O2/c11-5-6-1-3-13-9(12)8(6)15-4-2-7(16)14-10(15)17/h1,3H,2,4-5H2,(H,14,16,17). The molecule has 1 N–H and O–H groups in total. The largest absolute Gasteiger partial charge is 0.328 e. The second kappa shape index (κ2) is 4.67. The maximum absolute atomic E-state index is 13.6. The van der Waals surface area contributed by atoms with Crippen LogP contribution in [0.5, 0.6) is 0 Å². The summed E-state index contributed by atoms with van der Waals surface area (Å²) in [5.74, 6) is -1.08. The smallest absolute Gasteiger partial charge is 0.289 e. The minimum Gasteiger partial charge on any atom is -0.289 e. The van der Waals surface area contributed by atoms with Gasteiger partial charge in [-0.2, -0.15) is 4.39 Å². The fourth-order valence-corrected chi connectivity index (χ4v) is 1.85. The Balaban J connectivity index is 2.39. The number of amides is 3. The lowest BCUT2D eigenvalue weighted by Gasteiger charge is -2.27. The molecule has 1 aromatic heterocycles. The van der Waals surface area contributed by atoms with Gasteiger partial charge in [-0.25, -0.2) is 9.78 Å². The van der Waals surface area contributed by atoms with E-state index in [9.17, 15) is 14.0 Å². The van der Waals surface area contributed by atoms with Gasteiger partial charge in [-0.15, -0.1) is 11.6 Å². The Morgan fingerprint density at radius 1 is 1.53 bits per heavy atom. The van der Waals surface area contributed by atoms with Crippen LogP contribution in [0.2, 0.25) is 0 Å². The molecular formula is C10H9ClFN3O2. The first kappa shape index (κ1) is 11.8. The first-order valence-electron chi connectivity index (χ1n) is 4.94. The van der Waals surface area contributed by atoms with Gasteiger partial charge in [0, 0.05) is 25.0 Å². The van der Waals surface area contributed by atoms with E-state index in [1.807, 2.05) is 0 Å². The van der Waals surface area contributed by atoms with Crippen LogP contribution in [0.25, 0.3) is 0 Å². The number of alkyl halides is 1. The van der Waals surface area contributed by atoms with Gasteiger partial charge in [-0.3, -0.25) is 15.0 Å². The van der Waals surface area contributed by atoms with Gasteiger partial charge in [0.1, 0.15) is 5.69 Å². The third kappa shape index (κ3) is 2.21. The van der Waals surface area contributed by atoms with Gasteiger partial charge in [-0.05, 0) is 11.6 Å². The van der Waals surface area contributed by atoms with Crippen LogP contribution in [0.3, 0.4) is 0 Å². The summed E-state index contributed by atoms with van der Waals surface area (Å²) in [6.45, 7) is 0.122. The van der Waals surface area contributed by atoms with Crippen LogP contribution >= 0.6 is 11.6 Å². The van der Waals surface area contributed by atoms with Crippen molar-refractivity contribution in [3.05, 3.63) is 23.8 Å². The quantitative estimate of drug-likeness (QED) is 0.644. The van der Waals surface area contributed by atoms with E-state index in [0.29, 0.717) is 5.56 Å². The molecule has 1 aliphatic rings. The number of urea groups is 1. The molecule has 1 fully saturated rings. The van der Waals surface area contributed by atoms with E-state index in [0.717, 1.165) is 4.90 Å². The summed E-state index contributed by atoms with van der Waals surface area (Å²) in [5, 5.41) is 2.12. The Morgan fingerprint density at radius 3 is 2.94 bits per heavy atom. The van der Waals surface area contributed by atoms with E-state index in [-0.39, 0.29) is 30.4 Å². The summed E-state index contributed by atoms with van der Waals surface area (Å²) in [5.41, 5.74) is 0.496. The van der Waals surface area contributed by atoms with Crippen molar-refractivity contribution in [1.82, 2.24) is 10.3 Å². The lowest BCUT2D eigenvalue weighted by Crippen LogP contribution is -2.50. The molecule has 5 nitrogen and oxygen atoms in total. The number of hydrogen-bond donors (Lipinski definition) is 1. The first-order valence-corrected chi connectivity index (χ1v) is 5.47. The topological polar surface area (TPSA) is 62.3 Å². The van der Waals surface area contributed by atoms with Crippen LogP contribution in [0.4, 0.5) is 14.9 Å². The molecule has 1 aromatic rings. The average molecular weight is 258 g/mol. The maximum atomic E-state index is 13.6. The van der Waals surface area contributed by atoms with E-state index >= 15 is 0 Å². The van der Waals surface area contributed by atoms with Gasteiger partial charge in [0.05, 0.1) is 0 Å². The SMILES string of the molecule is O=C1CCN(c2c(CCl)ccnc2F)C(=O)N1. The number of pyridine rings is 1. The van der Waals surface area contributed by atoms with Crippen molar-refractivity contribution in [2.75, 3.05) is 11.4 Å². The second-order valence-corrected chi connectivity index (χ2v) is 3.77. The zero-order valence-corrected chi connectivity index (χ0v) is 9.50. The third-order valence-electron chi connectivity index (χ3n) is 2.43. The van der Waals surface area contributed by atoms with Crippen LogP contribution in [-0.4, -0.2) is 23.5 Å². The molecule has 2 heterocycles. The summed E-state index contributed by atoms with van der Waals surface area (Å²) in [4.78, 5) is 27.2. The summed E-state index contributed by atoms with van der Waals surface area (Å²) in [6, 6.07) is 0.884. The number of aromatic nitrogens is 1. The van der Waals surface area contributed by atoms with Crippen molar-refractivity contribution in [2.24, 2.45) is 0 Å². The number of carbonyl (C=O) groups is 2. The van der Waals surface area contributed by atoms with Crippen molar-refractivity contribution in [2.45, 2.75) is 12.3 Å². The highest BCUT2D eigenvalue weighted by molar-refractivity contribution is 6.17. The average Bonchev–Trinajstić information content (AvgIpc) is 2.30. The van der Waals surface area contributed by atoms with E-state index in [1.165, 1.54) is 12.3 Å². The van der Waals surface area contributed by atoms with Gasteiger partial charge in [0.25, 0.3) is 0 Å². The highest BCUT2D eigenvalue weighted by Crippen LogP contribution is 2.25. The van der Waals surface area contributed by atoms with E-state index in [1.54, 1.807) is 0 Å². The molecule has 0 saturated carbocycles. The summed E-state index contributed by atoms with van der Waals surface area (Å²) in [7, 11) is 0. The van der Waals surface area contributed by atoms with E-state index in [2.05, 4.69) is 10.3 Å². The molecule has 90 valence electrons. The molecule has 0 atom stereocenters. The molecule has 0 unspecified atom stereocenters. The summed E-state index contributed by atoms with van der Waals surface area (Å²) < 4.78 is 13.6. The Kier molecular flexibility index (Phi) is 3.23. The van der Waals surface area contributed by atoms with Crippen molar-refractivity contribution in [3.63, 3.8) is 0 Å². The molecule has 0 spiro atoms.